The van der Waals surface area contributed by atoms with Crippen LogP contribution < -0.4 is 21.6 Å². The van der Waals surface area contributed by atoms with Gasteiger partial charge in [0, 0.05) is 11.6 Å². The van der Waals surface area contributed by atoms with Gasteiger partial charge in [-0.15, -0.1) is 0 Å². The molecule has 0 atom stereocenters. The van der Waals surface area contributed by atoms with E-state index in [4.69, 9.17) is 4.84 Å². The van der Waals surface area contributed by atoms with Crippen LogP contribution >= 0.6 is 0 Å². The zero-order valence-electron chi connectivity index (χ0n) is 16.9. The summed E-state index contributed by atoms with van der Waals surface area (Å²) in [6.07, 6.45) is 2.43. The molecule has 1 aromatic heterocycles. The van der Waals surface area contributed by atoms with Crippen LogP contribution in [0, 0.1) is 11.6 Å². The number of benzene rings is 1. The van der Waals surface area contributed by atoms with Crippen LogP contribution in [-0.2, 0) is 9.63 Å². The number of halogens is 2. The van der Waals surface area contributed by atoms with Gasteiger partial charge >= 0.3 is 6.03 Å². The third-order valence-electron chi connectivity index (χ3n) is 4.93. The van der Waals surface area contributed by atoms with Crippen LogP contribution in [0.3, 0.4) is 0 Å². The maximum Gasteiger partial charge on any atom is 0.321 e. The number of nitrogens with one attached hydrogen (secondary N) is 4. The highest BCUT2D eigenvalue weighted by molar-refractivity contribution is 6.01. The van der Waals surface area contributed by atoms with Crippen LogP contribution in [0.1, 0.15) is 38.3 Å². The minimum Gasteiger partial charge on any atom is -0.333 e. The fraction of sp³-hybridized carbons (Fsp3) is 0.389. The smallest absolute Gasteiger partial charge is 0.321 e. The predicted molar refractivity (Wildman–Crippen MR) is 105 cm³/mol. The number of imide groups is 1. The summed E-state index contributed by atoms with van der Waals surface area (Å²) in [7, 11) is 0. The summed E-state index contributed by atoms with van der Waals surface area (Å²) in [5.74, 6) is -2.40. The first-order valence-corrected chi connectivity index (χ1v) is 9.54. The van der Waals surface area contributed by atoms with Gasteiger partial charge in [0.2, 0.25) is 12.2 Å². The Morgan fingerprint density at radius 2 is 2.06 bits per heavy atom. The number of amidine groups is 1. The van der Waals surface area contributed by atoms with Crippen LogP contribution in [0.4, 0.5) is 25.1 Å². The zero-order valence-corrected chi connectivity index (χ0v) is 16.9. The second-order valence-corrected chi connectivity index (χ2v) is 7.33. The number of hydrogen-bond donors (Lipinski definition) is 5. The highest BCUT2D eigenvalue weighted by atomic mass is 19.2. The summed E-state index contributed by atoms with van der Waals surface area (Å²) in [6, 6.07) is 2.37. The average molecular weight is 453 g/mol. The molecule has 3 rings (SSSR count). The Bertz CT molecular complexity index is 992. The molecule has 1 aliphatic rings. The molecule has 12 nitrogen and oxygen atoms in total. The summed E-state index contributed by atoms with van der Waals surface area (Å²) in [5, 5.41) is 21.5. The predicted octanol–water partition coefficient (Wildman–Crippen LogP) is 1.91. The molecule has 172 valence electrons. The summed E-state index contributed by atoms with van der Waals surface area (Å²) < 4.78 is 31.1. The molecule has 32 heavy (non-hydrogen) atoms. The molecule has 0 spiro atoms. The van der Waals surface area contributed by atoms with Gasteiger partial charge in [0.25, 0.3) is 0 Å². The molecule has 1 aliphatic carbocycles. The standard InChI is InChI=1S/C18H21F2N7O5/c1-18(23-17(29)21-9-28)6-4-11(5-7-18)31-26-16-14(25-32-27-16)15(24-30)22-10-2-3-12(19)13(20)8-10/h2-3,8-9,11,30H,4-7H2,1H3,(H,22,24)(H,26,27)(H2,21,23,28,29). The van der Waals surface area contributed by atoms with Gasteiger partial charge in [0.05, 0.1) is 11.8 Å². The Labute approximate surface area is 180 Å². The Hall–Kier alpha value is -3.65. The largest absolute Gasteiger partial charge is 0.333 e. The minimum atomic E-state index is -1.11. The number of rotatable bonds is 7. The number of anilines is 1. The van der Waals surface area contributed by atoms with E-state index in [0.717, 1.165) is 12.1 Å². The van der Waals surface area contributed by atoms with Crippen molar-refractivity contribution in [3.63, 3.8) is 0 Å². The van der Waals surface area contributed by atoms with Gasteiger partial charge in [-0.05, 0) is 55.1 Å². The van der Waals surface area contributed by atoms with Crippen molar-refractivity contribution in [2.24, 2.45) is 4.99 Å². The lowest BCUT2D eigenvalue weighted by molar-refractivity contribution is -0.108. The van der Waals surface area contributed by atoms with Crippen molar-refractivity contribution in [2.45, 2.75) is 44.2 Å². The van der Waals surface area contributed by atoms with E-state index in [1.807, 2.05) is 17.7 Å². The molecule has 0 aliphatic heterocycles. The molecule has 3 amide bonds. The van der Waals surface area contributed by atoms with E-state index in [1.54, 1.807) is 0 Å². The lowest BCUT2D eigenvalue weighted by Gasteiger charge is -2.37. The molecule has 1 saturated carbocycles. The summed E-state index contributed by atoms with van der Waals surface area (Å²) in [4.78, 5) is 31.5. The first-order chi connectivity index (χ1) is 15.3. The second-order valence-electron chi connectivity index (χ2n) is 7.33. The van der Waals surface area contributed by atoms with Crippen molar-refractivity contribution in [1.29, 1.82) is 0 Å². The summed E-state index contributed by atoms with van der Waals surface area (Å²) in [6.45, 7) is 1.87. The number of hydrogen-bond acceptors (Lipinski definition) is 9. The molecule has 0 unspecified atom stereocenters. The number of aliphatic imine (C=N–C) groups is 1. The molecule has 2 aromatic rings. The molecule has 5 N–H and O–H groups in total. The van der Waals surface area contributed by atoms with Gasteiger partial charge in [-0.2, -0.15) is 0 Å². The summed E-state index contributed by atoms with van der Waals surface area (Å²) in [5.41, 5.74) is 3.86. The number of carbonyl (C=O) groups is 2. The highest BCUT2D eigenvalue weighted by Crippen LogP contribution is 2.30. The minimum absolute atomic E-state index is 0.00741. The number of aromatic nitrogens is 2. The molecule has 14 heteroatoms. The fourth-order valence-corrected chi connectivity index (χ4v) is 3.20. The number of carbonyl (C=O) groups excluding carboxylic acids is 2. The number of urea groups is 1. The van der Waals surface area contributed by atoms with E-state index in [9.17, 15) is 23.6 Å². The first-order valence-electron chi connectivity index (χ1n) is 9.54. The van der Waals surface area contributed by atoms with E-state index in [1.165, 1.54) is 6.07 Å². The molecule has 1 aromatic carbocycles. The number of hydroxylamine groups is 1. The lowest BCUT2D eigenvalue weighted by atomic mass is 9.82. The Balaban J connectivity index is 1.60. The Morgan fingerprint density at radius 1 is 1.31 bits per heavy atom. The molecule has 1 fully saturated rings. The quantitative estimate of drug-likeness (QED) is 0.182. The van der Waals surface area contributed by atoms with Crippen molar-refractivity contribution in [1.82, 2.24) is 26.4 Å². The van der Waals surface area contributed by atoms with E-state index < -0.39 is 23.2 Å². The monoisotopic (exact) mass is 453 g/mol. The molecule has 0 bridgehead atoms. The molecule has 0 saturated heterocycles. The van der Waals surface area contributed by atoms with Crippen LogP contribution in [0.5, 0.6) is 0 Å². The van der Waals surface area contributed by atoms with Crippen molar-refractivity contribution >= 4 is 29.8 Å². The summed E-state index contributed by atoms with van der Waals surface area (Å²) >= 11 is 0. The normalized spacial score (nSPS) is 21.0. The third kappa shape index (κ3) is 5.73. The fourth-order valence-electron chi connectivity index (χ4n) is 3.20. The molecular weight excluding hydrogens is 432 g/mol. The lowest BCUT2D eigenvalue weighted by Crippen LogP contribution is -2.52. The maximum absolute atomic E-state index is 13.4. The van der Waals surface area contributed by atoms with E-state index in [2.05, 4.69) is 30.7 Å². The molecule has 0 radical (unpaired) electrons. The Kier molecular flexibility index (Phi) is 7.27. The van der Waals surface area contributed by atoms with E-state index in [0.29, 0.717) is 32.1 Å². The van der Waals surface area contributed by atoms with Gasteiger partial charge in [-0.1, -0.05) is 0 Å². The van der Waals surface area contributed by atoms with E-state index >= 15 is 0 Å². The first kappa shape index (κ1) is 23.0. The van der Waals surface area contributed by atoms with Gasteiger partial charge in [0.15, 0.2) is 23.2 Å². The van der Waals surface area contributed by atoms with Crippen molar-refractivity contribution in [2.75, 3.05) is 5.48 Å². The average Bonchev–Trinajstić information content (AvgIpc) is 3.22. The number of nitrogens with zero attached hydrogens (tertiary/aromatic N) is 3. The van der Waals surface area contributed by atoms with E-state index in [-0.39, 0.29) is 29.1 Å². The topological polar surface area (TPSA) is 163 Å². The van der Waals surface area contributed by atoms with Gasteiger partial charge in [0.1, 0.15) is 0 Å². The van der Waals surface area contributed by atoms with Crippen LogP contribution in [-0.4, -0.2) is 45.4 Å². The van der Waals surface area contributed by atoms with Gasteiger partial charge in [-0.25, -0.2) is 28.7 Å². The Morgan fingerprint density at radius 3 is 2.72 bits per heavy atom. The molecule has 1 heterocycles. The van der Waals surface area contributed by atoms with Crippen molar-refractivity contribution in [3.05, 3.63) is 35.5 Å². The van der Waals surface area contributed by atoms with Gasteiger partial charge < -0.3 is 5.32 Å². The SMILES string of the molecule is CC1(NC(=O)NC=O)CCC(ONc2nonc2C(=Nc2ccc(F)c(F)c2)NO)CC1. The zero-order chi connectivity index (χ0) is 23.1. The second kappa shape index (κ2) is 10.1. The van der Waals surface area contributed by atoms with Crippen molar-refractivity contribution in [3.8, 4) is 0 Å². The van der Waals surface area contributed by atoms with Crippen LogP contribution in [0.2, 0.25) is 0 Å². The maximum atomic E-state index is 13.4. The molecular formula is C18H21F2N7O5. The highest BCUT2D eigenvalue weighted by Gasteiger charge is 2.33. The van der Waals surface area contributed by atoms with Crippen LogP contribution in [0.25, 0.3) is 0 Å². The van der Waals surface area contributed by atoms with Gasteiger partial charge in [-0.3, -0.25) is 25.6 Å². The number of amides is 3. The third-order valence-corrected chi connectivity index (χ3v) is 4.93. The van der Waals surface area contributed by atoms with Crippen LogP contribution in [0.15, 0.2) is 27.8 Å². The van der Waals surface area contributed by atoms with Crippen molar-refractivity contribution < 1.29 is 33.0 Å².